The van der Waals surface area contributed by atoms with Gasteiger partial charge in [0.25, 0.3) is 0 Å². The van der Waals surface area contributed by atoms with Crippen LogP contribution >= 0.6 is 0 Å². The molecule has 0 saturated carbocycles. The third kappa shape index (κ3) is 3.36. The molecular weight excluding hydrogens is 324 g/mol. The van der Waals surface area contributed by atoms with Crippen molar-refractivity contribution in [1.82, 2.24) is 15.0 Å². The van der Waals surface area contributed by atoms with Gasteiger partial charge in [-0.25, -0.2) is 9.97 Å². The molecule has 1 aromatic carbocycles. The summed E-state index contributed by atoms with van der Waals surface area (Å²) in [5.74, 6) is 1.55. The van der Waals surface area contributed by atoms with E-state index < -0.39 is 0 Å². The Morgan fingerprint density at radius 1 is 1.08 bits per heavy atom. The van der Waals surface area contributed by atoms with Gasteiger partial charge in [-0.05, 0) is 49.6 Å². The van der Waals surface area contributed by atoms with E-state index in [0.29, 0.717) is 5.82 Å². The van der Waals surface area contributed by atoms with Gasteiger partial charge in [0.1, 0.15) is 5.82 Å². The zero-order chi connectivity index (χ0) is 17.9. The number of nitrogens with one attached hydrogen (secondary N) is 2. The Morgan fingerprint density at radius 2 is 1.88 bits per heavy atom. The summed E-state index contributed by atoms with van der Waals surface area (Å²) in [6.07, 6.45) is 6.14. The van der Waals surface area contributed by atoms with Gasteiger partial charge >= 0.3 is 0 Å². The second-order valence-corrected chi connectivity index (χ2v) is 6.52. The number of nitrogens with two attached hydrogens (primary N) is 1. The molecule has 1 aliphatic carbocycles. The number of anilines is 3. The number of benzene rings is 1. The summed E-state index contributed by atoms with van der Waals surface area (Å²) in [4.78, 5) is 13.7. The second kappa shape index (κ2) is 7.09. The molecule has 1 aliphatic rings. The van der Waals surface area contributed by atoms with Gasteiger partial charge in [0.05, 0.1) is 0 Å². The Balaban J connectivity index is 1.78. The van der Waals surface area contributed by atoms with E-state index in [1.54, 1.807) is 12.4 Å². The van der Waals surface area contributed by atoms with Crippen LogP contribution in [0.25, 0.3) is 11.4 Å². The van der Waals surface area contributed by atoms with Crippen molar-refractivity contribution >= 4 is 17.2 Å². The van der Waals surface area contributed by atoms with Gasteiger partial charge in [0, 0.05) is 53.7 Å². The van der Waals surface area contributed by atoms with Crippen molar-refractivity contribution in [3.05, 3.63) is 60.0 Å². The average Bonchev–Trinajstić information content (AvgIpc) is 2.69. The van der Waals surface area contributed by atoms with Crippen LogP contribution < -0.4 is 16.4 Å². The van der Waals surface area contributed by atoms with Gasteiger partial charge in [-0.15, -0.1) is 0 Å². The Morgan fingerprint density at radius 3 is 2.69 bits per heavy atom. The van der Waals surface area contributed by atoms with Crippen molar-refractivity contribution in [3.8, 4) is 11.4 Å². The van der Waals surface area contributed by atoms with Crippen molar-refractivity contribution in [2.24, 2.45) is 5.73 Å². The minimum atomic E-state index is 0.155. The summed E-state index contributed by atoms with van der Waals surface area (Å²) in [6, 6.07) is 12.1. The Hall–Kier alpha value is -2.99. The molecule has 1 atom stereocenters. The van der Waals surface area contributed by atoms with Crippen LogP contribution in [0.2, 0.25) is 0 Å². The summed E-state index contributed by atoms with van der Waals surface area (Å²) >= 11 is 0. The Kier molecular flexibility index (Phi) is 4.50. The summed E-state index contributed by atoms with van der Waals surface area (Å²) < 4.78 is 0. The van der Waals surface area contributed by atoms with Crippen molar-refractivity contribution in [3.63, 3.8) is 0 Å². The molecule has 0 spiro atoms. The third-order valence-corrected chi connectivity index (χ3v) is 4.66. The zero-order valence-corrected chi connectivity index (χ0v) is 14.7. The molecule has 0 amide bonds. The molecule has 2 aromatic heterocycles. The molecular formula is C20H22N6. The quantitative estimate of drug-likeness (QED) is 0.672. The number of nitrogens with zero attached hydrogens (tertiary/aromatic N) is 3. The highest BCUT2D eigenvalue weighted by atomic mass is 15.0. The summed E-state index contributed by atoms with van der Waals surface area (Å²) in [7, 11) is 1.91. The van der Waals surface area contributed by atoms with Gasteiger partial charge < -0.3 is 16.4 Å². The summed E-state index contributed by atoms with van der Waals surface area (Å²) in [5.41, 5.74) is 11.4. The van der Waals surface area contributed by atoms with Crippen LogP contribution in [0.3, 0.4) is 0 Å². The lowest BCUT2D eigenvalue weighted by Gasteiger charge is -2.24. The van der Waals surface area contributed by atoms with Crippen LogP contribution in [0.5, 0.6) is 0 Å². The number of fused-ring (bicyclic) bond motifs is 1. The monoisotopic (exact) mass is 346 g/mol. The highest BCUT2D eigenvalue weighted by molar-refractivity contribution is 5.67. The van der Waals surface area contributed by atoms with E-state index in [0.717, 1.165) is 53.3 Å². The molecule has 0 bridgehead atoms. The van der Waals surface area contributed by atoms with Gasteiger partial charge in [0.15, 0.2) is 5.82 Å². The molecule has 0 fully saturated rings. The lowest BCUT2D eigenvalue weighted by molar-refractivity contribution is 0.566. The van der Waals surface area contributed by atoms with Gasteiger partial charge in [-0.2, -0.15) is 0 Å². The van der Waals surface area contributed by atoms with E-state index in [-0.39, 0.29) is 6.04 Å². The minimum absolute atomic E-state index is 0.155. The van der Waals surface area contributed by atoms with E-state index >= 15 is 0 Å². The normalized spacial score (nSPS) is 16.0. The lowest BCUT2D eigenvalue weighted by Crippen LogP contribution is -2.29. The summed E-state index contributed by atoms with van der Waals surface area (Å²) in [5, 5.41) is 6.64. The number of aromatic nitrogens is 3. The molecule has 26 heavy (non-hydrogen) atoms. The molecule has 4 rings (SSSR count). The maximum atomic E-state index is 6.21. The first kappa shape index (κ1) is 16.5. The first-order chi connectivity index (χ1) is 12.7. The smallest absolute Gasteiger partial charge is 0.161 e. The molecule has 4 N–H and O–H groups in total. The number of pyridine rings is 1. The van der Waals surface area contributed by atoms with Crippen LogP contribution in [0.1, 0.15) is 17.7 Å². The fourth-order valence-corrected chi connectivity index (χ4v) is 3.26. The van der Waals surface area contributed by atoms with Gasteiger partial charge in [-0.3, -0.25) is 4.98 Å². The van der Waals surface area contributed by atoms with E-state index in [4.69, 9.17) is 15.7 Å². The van der Waals surface area contributed by atoms with Crippen LogP contribution in [0, 0.1) is 0 Å². The van der Waals surface area contributed by atoms with E-state index in [1.807, 2.05) is 37.4 Å². The second-order valence-electron chi connectivity index (χ2n) is 6.52. The predicted molar refractivity (Wildman–Crippen MR) is 105 cm³/mol. The Bertz CT molecular complexity index is 909. The van der Waals surface area contributed by atoms with Crippen molar-refractivity contribution in [2.45, 2.75) is 25.3 Å². The third-order valence-electron chi connectivity index (χ3n) is 4.66. The van der Waals surface area contributed by atoms with E-state index in [2.05, 4.69) is 21.7 Å². The summed E-state index contributed by atoms with van der Waals surface area (Å²) in [6.45, 7) is 0. The molecule has 0 saturated heterocycles. The molecule has 132 valence electrons. The van der Waals surface area contributed by atoms with Gasteiger partial charge in [-0.1, -0.05) is 6.07 Å². The zero-order valence-electron chi connectivity index (χ0n) is 14.7. The first-order valence-electron chi connectivity index (χ1n) is 8.83. The van der Waals surface area contributed by atoms with E-state index in [9.17, 15) is 0 Å². The molecule has 2 heterocycles. The number of rotatable bonds is 4. The maximum Gasteiger partial charge on any atom is 0.161 e. The Labute approximate surface area is 152 Å². The minimum Gasteiger partial charge on any atom is -0.388 e. The molecule has 1 unspecified atom stereocenters. The predicted octanol–water partition coefficient (Wildman–Crippen LogP) is 3.14. The average molecular weight is 346 g/mol. The standard InChI is InChI=1S/C20H22N6/c1-22-15-3-2-4-16(12-15)24-20-17-11-14(21)5-6-18(17)25-19(26-20)13-7-9-23-10-8-13/h2-4,7-10,12,14,22H,5-6,11,21H2,1H3,(H,24,25,26). The topological polar surface area (TPSA) is 88.8 Å². The highest BCUT2D eigenvalue weighted by Gasteiger charge is 2.22. The molecule has 6 heteroatoms. The van der Waals surface area contributed by atoms with Crippen molar-refractivity contribution in [1.29, 1.82) is 0 Å². The lowest BCUT2D eigenvalue weighted by atomic mass is 9.92. The largest absolute Gasteiger partial charge is 0.388 e. The molecule has 0 aliphatic heterocycles. The maximum absolute atomic E-state index is 6.21. The molecule has 0 radical (unpaired) electrons. The van der Waals surface area contributed by atoms with Crippen LogP contribution in [-0.4, -0.2) is 28.0 Å². The van der Waals surface area contributed by atoms with E-state index in [1.165, 1.54) is 0 Å². The SMILES string of the molecule is CNc1cccc(Nc2nc(-c3ccncc3)nc3c2CC(N)CC3)c1. The fourth-order valence-electron chi connectivity index (χ4n) is 3.26. The van der Waals surface area contributed by atoms with Gasteiger partial charge in [0.2, 0.25) is 0 Å². The fraction of sp³-hybridized carbons (Fsp3) is 0.250. The number of hydrogen-bond acceptors (Lipinski definition) is 6. The molecule has 3 aromatic rings. The number of hydrogen-bond donors (Lipinski definition) is 3. The highest BCUT2D eigenvalue weighted by Crippen LogP contribution is 2.30. The number of aryl methyl sites for hydroxylation is 1. The van der Waals surface area contributed by atoms with Crippen LogP contribution in [0.4, 0.5) is 17.2 Å². The van der Waals surface area contributed by atoms with Crippen LogP contribution in [-0.2, 0) is 12.8 Å². The van der Waals surface area contributed by atoms with Crippen molar-refractivity contribution in [2.75, 3.05) is 17.7 Å². The molecule has 6 nitrogen and oxygen atoms in total. The first-order valence-corrected chi connectivity index (χ1v) is 8.83. The van der Waals surface area contributed by atoms with Crippen molar-refractivity contribution < 1.29 is 0 Å². The van der Waals surface area contributed by atoms with Crippen LogP contribution in [0.15, 0.2) is 48.8 Å².